The highest BCUT2D eigenvalue weighted by Gasteiger charge is 2.36. The van der Waals surface area contributed by atoms with Crippen LogP contribution in [-0.4, -0.2) is 60.7 Å². The van der Waals surface area contributed by atoms with Gasteiger partial charge in [-0.05, 0) is 19.3 Å². The molecule has 2 saturated heterocycles. The third-order valence-corrected chi connectivity index (χ3v) is 4.95. The SMILES string of the molecule is CCCCCNC(=O)C1CCN(C(=O)C2CC(=O)N(C)C2)CC1. The minimum Gasteiger partial charge on any atom is -0.356 e. The van der Waals surface area contributed by atoms with E-state index in [0.29, 0.717) is 26.1 Å². The van der Waals surface area contributed by atoms with Crippen LogP contribution in [0, 0.1) is 11.8 Å². The fourth-order valence-electron chi connectivity index (χ4n) is 3.38. The quantitative estimate of drug-likeness (QED) is 0.742. The van der Waals surface area contributed by atoms with Gasteiger partial charge in [-0.25, -0.2) is 0 Å². The van der Waals surface area contributed by atoms with E-state index in [4.69, 9.17) is 0 Å². The summed E-state index contributed by atoms with van der Waals surface area (Å²) in [5.74, 6) is 0.0682. The largest absolute Gasteiger partial charge is 0.356 e. The van der Waals surface area contributed by atoms with Crippen LogP contribution in [0.3, 0.4) is 0 Å². The molecule has 3 amide bonds. The first-order valence-corrected chi connectivity index (χ1v) is 8.83. The van der Waals surface area contributed by atoms with Crippen LogP contribution in [0.1, 0.15) is 45.4 Å². The third-order valence-electron chi connectivity index (χ3n) is 4.95. The van der Waals surface area contributed by atoms with Crippen LogP contribution in [0.5, 0.6) is 0 Å². The number of amides is 3. The molecule has 2 heterocycles. The molecule has 2 aliphatic rings. The van der Waals surface area contributed by atoms with Gasteiger partial charge >= 0.3 is 0 Å². The molecule has 0 aromatic carbocycles. The Balaban J connectivity index is 1.72. The minimum absolute atomic E-state index is 0.0218. The maximum Gasteiger partial charge on any atom is 0.227 e. The van der Waals surface area contributed by atoms with E-state index in [1.165, 1.54) is 0 Å². The molecule has 2 fully saturated rings. The molecule has 130 valence electrons. The van der Waals surface area contributed by atoms with E-state index in [1.807, 2.05) is 4.90 Å². The van der Waals surface area contributed by atoms with Gasteiger partial charge in [0.15, 0.2) is 0 Å². The summed E-state index contributed by atoms with van der Waals surface area (Å²) < 4.78 is 0. The topological polar surface area (TPSA) is 69.7 Å². The predicted molar refractivity (Wildman–Crippen MR) is 87.6 cm³/mol. The fraction of sp³-hybridized carbons (Fsp3) is 0.824. The normalized spacial score (nSPS) is 22.5. The number of carbonyl (C=O) groups is 3. The van der Waals surface area contributed by atoms with Gasteiger partial charge in [-0.1, -0.05) is 19.8 Å². The summed E-state index contributed by atoms with van der Waals surface area (Å²) >= 11 is 0. The number of hydrogen-bond donors (Lipinski definition) is 1. The summed E-state index contributed by atoms with van der Waals surface area (Å²) in [4.78, 5) is 39.6. The summed E-state index contributed by atoms with van der Waals surface area (Å²) in [6, 6.07) is 0. The summed E-state index contributed by atoms with van der Waals surface area (Å²) in [6.07, 6.45) is 5.09. The van der Waals surface area contributed by atoms with Crippen molar-refractivity contribution in [3.63, 3.8) is 0 Å². The maximum atomic E-state index is 12.5. The Kier molecular flexibility index (Phi) is 6.42. The van der Waals surface area contributed by atoms with Crippen LogP contribution in [-0.2, 0) is 14.4 Å². The van der Waals surface area contributed by atoms with Crippen LogP contribution >= 0.6 is 0 Å². The number of piperidine rings is 1. The molecule has 0 radical (unpaired) electrons. The molecule has 1 atom stereocenters. The second-order valence-corrected chi connectivity index (χ2v) is 6.77. The van der Waals surface area contributed by atoms with E-state index in [2.05, 4.69) is 12.2 Å². The van der Waals surface area contributed by atoms with Gasteiger partial charge < -0.3 is 15.1 Å². The number of rotatable bonds is 6. The van der Waals surface area contributed by atoms with Gasteiger partial charge in [0.2, 0.25) is 17.7 Å². The Morgan fingerprint density at radius 2 is 1.87 bits per heavy atom. The fourth-order valence-corrected chi connectivity index (χ4v) is 3.38. The van der Waals surface area contributed by atoms with E-state index in [0.717, 1.165) is 38.6 Å². The lowest BCUT2D eigenvalue weighted by molar-refractivity contribution is -0.139. The van der Waals surface area contributed by atoms with Gasteiger partial charge in [-0.15, -0.1) is 0 Å². The molecule has 1 N–H and O–H groups in total. The molecule has 23 heavy (non-hydrogen) atoms. The zero-order chi connectivity index (χ0) is 16.8. The van der Waals surface area contributed by atoms with Gasteiger partial charge in [-0.2, -0.15) is 0 Å². The Morgan fingerprint density at radius 1 is 1.17 bits per heavy atom. The van der Waals surface area contributed by atoms with Crippen LogP contribution in [0.15, 0.2) is 0 Å². The summed E-state index contributed by atoms with van der Waals surface area (Å²) in [7, 11) is 1.74. The lowest BCUT2D eigenvalue weighted by atomic mass is 9.94. The minimum atomic E-state index is -0.202. The van der Waals surface area contributed by atoms with Gasteiger partial charge in [0, 0.05) is 45.6 Å². The van der Waals surface area contributed by atoms with E-state index in [9.17, 15) is 14.4 Å². The van der Waals surface area contributed by atoms with E-state index >= 15 is 0 Å². The molecule has 2 rings (SSSR count). The first-order chi connectivity index (χ1) is 11.0. The molecule has 2 aliphatic heterocycles. The Bertz CT molecular complexity index is 444. The van der Waals surface area contributed by atoms with Gasteiger partial charge in [0.25, 0.3) is 0 Å². The van der Waals surface area contributed by atoms with Crippen molar-refractivity contribution < 1.29 is 14.4 Å². The average Bonchev–Trinajstić information content (AvgIpc) is 2.90. The smallest absolute Gasteiger partial charge is 0.227 e. The summed E-state index contributed by atoms with van der Waals surface area (Å²) in [6.45, 7) is 4.67. The monoisotopic (exact) mass is 323 g/mol. The standard InChI is InChI=1S/C17H29N3O3/c1-3-4-5-8-18-16(22)13-6-9-20(10-7-13)17(23)14-11-15(21)19(2)12-14/h13-14H,3-12H2,1-2H3,(H,18,22). The number of nitrogens with one attached hydrogen (secondary N) is 1. The van der Waals surface area contributed by atoms with Crippen molar-refractivity contribution in [3.05, 3.63) is 0 Å². The van der Waals surface area contributed by atoms with Crippen LogP contribution in [0.4, 0.5) is 0 Å². The second kappa shape index (κ2) is 8.31. The van der Waals surface area contributed by atoms with Gasteiger partial charge in [-0.3, -0.25) is 14.4 Å². The molecular weight excluding hydrogens is 294 g/mol. The predicted octanol–water partition coefficient (Wildman–Crippen LogP) is 1.01. The van der Waals surface area contributed by atoms with Gasteiger partial charge in [0.05, 0.1) is 5.92 Å². The van der Waals surface area contributed by atoms with Crippen molar-refractivity contribution in [2.24, 2.45) is 11.8 Å². The van der Waals surface area contributed by atoms with Crippen LogP contribution in [0.2, 0.25) is 0 Å². The third kappa shape index (κ3) is 4.69. The summed E-state index contributed by atoms with van der Waals surface area (Å²) in [5, 5.41) is 3.00. The lowest BCUT2D eigenvalue weighted by Gasteiger charge is -2.32. The lowest BCUT2D eigenvalue weighted by Crippen LogP contribution is -2.45. The van der Waals surface area contributed by atoms with Crippen LogP contribution in [0.25, 0.3) is 0 Å². The molecule has 6 heteroatoms. The molecule has 0 aromatic rings. The Morgan fingerprint density at radius 3 is 2.43 bits per heavy atom. The number of unbranched alkanes of at least 4 members (excludes halogenated alkanes) is 2. The number of hydrogen-bond acceptors (Lipinski definition) is 3. The average molecular weight is 323 g/mol. The van der Waals surface area contributed by atoms with E-state index in [1.54, 1.807) is 11.9 Å². The molecule has 6 nitrogen and oxygen atoms in total. The van der Waals surface area contributed by atoms with Crippen molar-refractivity contribution in [2.45, 2.75) is 45.4 Å². The molecule has 0 bridgehead atoms. The molecule has 0 aliphatic carbocycles. The first-order valence-electron chi connectivity index (χ1n) is 8.83. The van der Waals surface area contributed by atoms with Crippen molar-refractivity contribution in [1.29, 1.82) is 0 Å². The Labute approximate surface area is 138 Å². The first kappa shape index (κ1) is 17.8. The van der Waals surface area contributed by atoms with Crippen molar-refractivity contribution in [1.82, 2.24) is 15.1 Å². The maximum absolute atomic E-state index is 12.5. The van der Waals surface area contributed by atoms with Crippen LogP contribution < -0.4 is 5.32 Å². The van der Waals surface area contributed by atoms with E-state index in [-0.39, 0.29) is 29.6 Å². The van der Waals surface area contributed by atoms with Gasteiger partial charge in [0.1, 0.15) is 0 Å². The number of nitrogens with zero attached hydrogens (tertiary/aromatic N) is 2. The molecule has 1 unspecified atom stereocenters. The highest BCUT2D eigenvalue weighted by Crippen LogP contribution is 2.23. The molecule has 0 aromatic heterocycles. The number of carbonyl (C=O) groups excluding carboxylic acids is 3. The molecule has 0 spiro atoms. The molecule has 0 saturated carbocycles. The van der Waals surface area contributed by atoms with E-state index < -0.39 is 0 Å². The Hall–Kier alpha value is -1.59. The highest BCUT2D eigenvalue weighted by molar-refractivity contribution is 5.89. The van der Waals surface area contributed by atoms with Crippen molar-refractivity contribution >= 4 is 17.7 Å². The highest BCUT2D eigenvalue weighted by atomic mass is 16.2. The zero-order valence-electron chi connectivity index (χ0n) is 14.3. The second-order valence-electron chi connectivity index (χ2n) is 6.77. The number of likely N-dealkylation sites (tertiary alicyclic amines) is 2. The van der Waals surface area contributed by atoms with Crippen molar-refractivity contribution in [2.75, 3.05) is 33.2 Å². The van der Waals surface area contributed by atoms with Crippen molar-refractivity contribution in [3.8, 4) is 0 Å². The zero-order valence-corrected chi connectivity index (χ0v) is 14.3. The summed E-state index contributed by atoms with van der Waals surface area (Å²) in [5.41, 5.74) is 0. The molecular formula is C17H29N3O3.